The molecule has 13 nitrogen and oxygen atoms in total. The van der Waals surface area contributed by atoms with Crippen LogP contribution in [0.25, 0.3) is 11.3 Å². The number of ether oxygens (including phenoxy) is 2. The SMILES string of the molecule is C=CC(=O)N1CCN(c2ncc(-c3ccc(OCCOC)c(Nc4ncc(C(=O)Nc5c(C)cccc5Cl)s4)n3)cc2N2CC(O)C2)CC1. The molecular formula is C34H37ClN8O5S. The van der Waals surface area contributed by atoms with Crippen molar-refractivity contribution < 1.29 is 24.2 Å². The third-order valence-corrected chi connectivity index (χ3v) is 9.46. The summed E-state index contributed by atoms with van der Waals surface area (Å²) in [6.45, 7) is 9.54. The van der Waals surface area contributed by atoms with Crippen LogP contribution in [0.5, 0.6) is 5.75 Å². The molecule has 49 heavy (non-hydrogen) atoms. The number of rotatable bonds is 12. The van der Waals surface area contributed by atoms with Crippen molar-refractivity contribution in [2.24, 2.45) is 0 Å². The molecule has 2 fully saturated rings. The number of aryl methyl sites for hydroxylation is 1. The Hall–Kier alpha value is -4.76. The molecule has 2 saturated heterocycles. The summed E-state index contributed by atoms with van der Waals surface area (Å²) in [5.41, 5.74) is 3.68. The zero-order chi connectivity index (χ0) is 34.5. The normalized spacial score (nSPS) is 14.7. The van der Waals surface area contributed by atoms with E-state index in [0.29, 0.717) is 90.5 Å². The van der Waals surface area contributed by atoms with Crippen molar-refractivity contribution >= 4 is 62.9 Å². The Balaban J connectivity index is 1.26. The number of benzene rings is 1. The molecule has 3 N–H and O–H groups in total. The summed E-state index contributed by atoms with van der Waals surface area (Å²) in [7, 11) is 1.60. The van der Waals surface area contributed by atoms with Crippen LogP contribution in [0.1, 0.15) is 15.2 Å². The van der Waals surface area contributed by atoms with Gasteiger partial charge in [-0.2, -0.15) is 0 Å². The van der Waals surface area contributed by atoms with E-state index in [-0.39, 0.29) is 11.8 Å². The van der Waals surface area contributed by atoms with Crippen molar-refractivity contribution in [2.75, 3.05) is 80.0 Å². The van der Waals surface area contributed by atoms with Gasteiger partial charge in [0.2, 0.25) is 5.91 Å². The molecule has 0 spiro atoms. The van der Waals surface area contributed by atoms with Gasteiger partial charge in [-0.25, -0.2) is 15.0 Å². The molecule has 0 aliphatic carbocycles. The number of carbonyl (C=O) groups excluding carboxylic acids is 2. The first-order valence-corrected chi connectivity index (χ1v) is 16.9. The zero-order valence-electron chi connectivity index (χ0n) is 27.2. The molecular weight excluding hydrogens is 668 g/mol. The van der Waals surface area contributed by atoms with E-state index in [4.69, 9.17) is 31.0 Å². The molecule has 0 atom stereocenters. The maximum atomic E-state index is 13.1. The molecule has 0 unspecified atom stereocenters. The Bertz CT molecular complexity index is 1820. The number of piperazine rings is 1. The lowest BCUT2D eigenvalue weighted by Gasteiger charge is -2.42. The third-order valence-electron chi connectivity index (χ3n) is 8.23. The first-order valence-electron chi connectivity index (χ1n) is 15.8. The minimum absolute atomic E-state index is 0.0800. The number of aliphatic hydroxyl groups excluding tert-OH is 1. The van der Waals surface area contributed by atoms with Gasteiger partial charge in [-0.15, -0.1) is 0 Å². The number of methoxy groups -OCH3 is 1. The van der Waals surface area contributed by atoms with Gasteiger partial charge >= 0.3 is 0 Å². The number of thiazole rings is 1. The molecule has 1 aromatic carbocycles. The Morgan fingerprint density at radius 3 is 2.61 bits per heavy atom. The number of hydrogen-bond acceptors (Lipinski definition) is 12. The maximum absolute atomic E-state index is 13.1. The number of para-hydroxylation sites is 1. The standard InChI is InChI=1S/C34H37ClN8O5S/c1-4-29(45)41-10-12-42(13-11-41)32-26(43-19-23(44)20-43)16-22(17-36-32)25-8-9-27(48-15-14-47-3)31(38-25)40-34-37-18-28(49-34)33(46)39-30-21(2)6-5-7-24(30)35/h4-9,16-18,23,44H,1,10-15,19-20H2,2-3H3,(H,39,46)(H,37,38,40). The number of amides is 2. The molecule has 15 heteroatoms. The number of nitrogens with one attached hydrogen (secondary N) is 2. The second-order valence-corrected chi connectivity index (χ2v) is 13.0. The van der Waals surface area contributed by atoms with Crippen molar-refractivity contribution in [1.29, 1.82) is 0 Å². The third kappa shape index (κ3) is 7.78. The molecule has 0 saturated carbocycles. The van der Waals surface area contributed by atoms with Gasteiger partial charge in [0.15, 0.2) is 22.5 Å². The summed E-state index contributed by atoms with van der Waals surface area (Å²) in [4.78, 5) is 45.8. The maximum Gasteiger partial charge on any atom is 0.267 e. The minimum Gasteiger partial charge on any atom is -0.487 e. The van der Waals surface area contributed by atoms with Gasteiger partial charge in [-0.05, 0) is 42.8 Å². The van der Waals surface area contributed by atoms with Gasteiger partial charge in [0.1, 0.15) is 11.5 Å². The van der Waals surface area contributed by atoms with Gasteiger partial charge in [-0.1, -0.05) is 41.6 Å². The van der Waals surface area contributed by atoms with Crippen LogP contribution in [0, 0.1) is 6.92 Å². The van der Waals surface area contributed by atoms with Crippen LogP contribution >= 0.6 is 22.9 Å². The lowest BCUT2D eigenvalue weighted by atomic mass is 10.1. The molecule has 2 aliphatic heterocycles. The molecule has 2 aliphatic rings. The highest BCUT2D eigenvalue weighted by atomic mass is 35.5. The van der Waals surface area contributed by atoms with Crippen molar-refractivity contribution in [3.05, 3.63) is 76.9 Å². The summed E-state index contributed by atoms with van der Waals surface area (Å²) < 4.78 is 11.1. The zero-order valence-corrected chi connectivity index (χ0v) is 28.8. The lowest BCUT2D eigenvalue weighted by molar-refractivity contribution is -0.126. The van der Waals surface area contributed by atoms with Gasteiger partial charge in [0.25, 0.3) is 5.91 Å². The number of aliphatic hydroxyl groups is 1. The highest BCUT2D eigenvalue weighted by Gasteiger charge is 2.30. The Morgan fingerprint density at radius 1 is 1.10 bits per heavy atom. The number of anilines is 5. The summed E-state index contributed by atoms with van der Waals surface area (Å²) in [5, 5.41) is 17.1. The molecule has 256 valence electrons. The fourth-order valence-corrected chi connectivity index (χ4v) is 6.51. The lowest BCUT2D eigenvalue weighted by Crippen LogP contribution is -2.52. The Kier molecular flexibility index (Phi) is 10.6. The number of β-amino-alcohol motifs (C(OH)–C–C–N with tert-alkyl or cyclic N) is 1. The van der Waals surface area contributed by atoms with Crippen LogP contribution in [0.15, 0.2) is 61.4 Å². The first-order chi connectivity index (χ1) is 23.7. The van der Waals surface area contributed by atoms with E-state index in [1.807, 2.05) is 37.3 Å². The number of hydrogen-bond donors (Lipinski definition) is 3. The average Bonchev–Trinajstić information content (AvgIpc) is 3.57. The highest BCUT2D eigenvalue weighted by molar-refractivity contribution is 7.17. The van der Waals surface area contributed by atoms with E-state index >= 15 is 0 Å². The van der Waals surface area contributed by atoms with Gasteiger partial charge in [-0.3, -0.25) is 9.59 Å². The molecule has 6 rings (SSSR count). The van der Waals surface area contributed by atoms with Gasteiger partial charge in [0.05, 0.1) is 41.0 Å². The van der Waals surface area contributed by atoms with Crippen molar-refractivity contribution in [3.63, 3.8) is 0 Å². The minimum atomic E-state index is -0.407. The molecule has 2 amide bonds. The predicted octanol–water partition coefficient (Wildman–Crippen LogP) is 4.60. The van der Waals surface area contributed by atoms with Gasteiger partial charge in [0, 0.05) is 58.1 Å². The number of pyridine rings is 2. The summed E-state index contributed by atoms with van der Waals surface area (Å²) in [6.07, 6.45) is 4.20. The average molecular weight is 705 g/mol. The molecule has 5 heterocycles. The monoisotopic (exact) mass is 704 g/mol. The Labute approximate surface area is 293 Å². The van der Waals surface area contributed by atoms with Crippen LogP contribution in [0.2, 0.25) is 5.02 Å². The molecule has 4 aromatic rings. The van der Waals surface area contributed by atoms with E-state index in [1.54, 1.807) is 24.3 Å². The summed E-state index contributed by atoms with van der Waals surface area (Å²) in [6, 6.07) is 11.1. The van der Waals surface area contributed by atoms with Crippen molar-refractivity contribution in [3.8, 4) is 17.0 Å². The quantitative estimate of drug-likeness (QED) is 0.141. The van der Waals surface area contributed by atoms with Crippen LogP contribution in [0.3, 0.4) is 0 Å². The van der Waals surface area contributed by atoms with E-state index < -0.39 is 6.10 Å². The number of nitrogens with zero attached hydrogens (tertiary/aromatic N) is 6. The predicted molar refractivity (Wildman–Crippen MR) is 192 cm³/mol. The molecule has 0 radical (unpaired) electrons. The van der Waals surface area contributed by atoms with E-state index in [0.717, 1.165) is 22.6 Å². The number of aromatic nitrogens is 3. The fourth-order valence-electron chi connectivity index (χ4n) is 5.53. The van der Waals surface area contributed by atoms with E-state index in [9.17, 15) is 14.7 Å². The second kappa shape index (κ2) is 15.2. The molecule has 3 aromatic heterocycles. The van der Waals surface area contributed by atoms with Crippen LogP contribution < -0.4 is 25.2 Å². The second-order valence-electron chi connectivity index (χ2n) is 11.6. The first kappa shape index (κ1) is 34.1. The summed E-state index contributed by atoms with van der Waals surface area (Å²) in [5.74, 6) is 1.27. The summed E-state index contributed by atoms with van der Waals surface area (Å²) >= 11 is 7.48. The van der Waals surface area contributed by atoms with E-state index in [1.165, 1.54) is 23.6 Å². The topological polar surface area (TPSA) is 145 Å². The van der Waals surface area contributed by atoms with Crippen LogP contribution in [0.4, 0.5) is 28.1 Å². The fraction of sp³-hybridized carbons (Fsp3) is 0.324. The van der Waals surface area contributed by atoms with Crippen LogP contribution in [-0.4, -0.2) is 102 Å². The van der Waals surface area contributed by atoms with Gasteiger partial charge < -0.3 is 39.9 Å². The Morgan fingerprint density at radius 2 is 1.90 bits per heavy atom. The smallest absolute Gasteiger partial charge is 0.267 e. The molecule has 0 bridgehead atoms. The number of halogens is 1. The highest BCUT2D eigenvalue weighted by Crippen LogP contribution is 2.37. The number of carbonyl (C=O) groups is 2. The van der Waals surface area contributed by atoms with Crippen LogP contribution in [-0.2, 0) is 9.53 Å². The van der Waals surface area contributed by atoms with Crippen molar-refractivity contribution in [2.45, 2.75) is 13.0 Å². The largest absolute Gasteiger partial charge is 0.487 e. The van der Waals surface area contributed by atoms with E-state index in [2.05, 4.69) is 32.0 Å². The van der Waals surface area contributed by atoms with Crippen molar-refractivity contribution in [1.82, 2.24) is 19.9 Å².